The predicted octanol–water partition coefficient (Wildman–Crippen LogP) is 6.15. The molecule has 1 aliphatic carbocycles. The van der Waals surface area contributed by atoms with Gasteiger partial charge in [0.25, 0.3) is 0 Å². The molecule has 88 valence electrons. The molecule has 0 amide bonds. The predicted molar refractivity (Wildman–Crippen MR) is 97.4 cm³/mol. The molecule has 0 N–H and O–H groups in total. The number of allylic oxidation sites excluding steroid dienone is 4. The van der Waals surface area contributed by atoms with Crippen LogP contribution in [0.3, 0.4) is 0 Å². The first-order valence-corrected chi connectivity index (χ1v) is 24.2. The Morgan fingerprint density at radius 2 is 1.36 bits per heavy atom. The van der Waals surface area contributed by atoms with Crippen LogP contribution in [0.2, 0.25) is 23.4 Å². The summed E-state index contributed by atoms with van der Waals surface area (Å²) in [6, 6.07) is 0. The van der Waals surface area contributed by atoms with Gasteiger partial charge in [0.2, 0.25) is 0 Å². The van der Waals surface area contributed by atoms with Crippen LogP contribution in [-0.2, 0) is 17.0 Å². The summed E-state index contributed by atoms with van der Waals surface area (Å²) in [5, 5.41) is 0. The molecular formula is C10H23HfI3. The Morgan fingerprint density at radius 3 is 1.50 bits per heavy atom. The van der Waals surface area contributed by atoms with Gasteiger partial charge in [0, 0.05) is 0 Å². The van der Waals surface area contributed by atoms with Crippen molar-refractivity contribution in [2.75, 3.05) is 0 Å². The van der Waals surface area contributed by atoms with Crippen LogP contribution < -0.4 is 0 Å². The number of hydrogen-bond acceptors (Lipinski definition) is 0. The minimum atomic E-state index is -2.87. The Bertz CT molecular complexity index is 242. The first kappa shape index (κ1) is 21.8. The van der Waals surface area contributed by atoms with E-state index in [9.17, 15) is 0 Å². The third-order valence-electron chi connectivity index (χ3n) is 2.38. The molecule has 0 fully saturated rings. The Labute approximate surface area is 138 Å². The summed E-state index contributed by atoms with van der Waals surface area (Å²) in [6.07, 6.45) is 8.01. The van der Waals surface area contributed by atoms with E-state index >= 15 is 0 Å². The SMILES string of the molecule is I.I.I.[CH3][Hf]([CH3])([CH3])([CH3])([CH3])[C]1=CC=CC1. The molecule has 0 nitrogen and oxygen atoms in total. The van der Waals surface area contributed by atoms with E-state index < -0.39 is 17.0 Å². The van der Waals surface area contributed by atoms with Crippen molar-refractivity contribution in [2.24, 2.45) is 0 Å². The Hall–Kier alpha value is 2.54. The van der Waals surface area contributed by atoms with Crippen molar-refractivity contribution in [3.8, 4) is 0 Å². The molecule has 1 aliphatic rings. The Balaban J connectivity index is -0.000000403. The van der Waals surface area contributed by atoms with Crippen LogP contribution in [-0.4, -0.2) is 0 Å². The fraction of sp³-hybridized carbons (Fsp3) is 0.600. The first-order valence-electron chi connectivity index (χ1n) is 4.47. The van der Waals surface area contributed by atoms with Crippen LogP contribution in [0.5, 0.6) is 0 Å². The minimum absolute atomic E-state index is 0. The van der Waals surface area contributed by atoms with Gasteiger partial charge in [-0.1, -0.05) is 0 Å². The molecule has 0 spiro atoms. The maximum absolute atomic E-state index is 2.87. The molecule has 1 rings (SSSR count). The van der Waals surface area contributed by atoms with E-state index in [-0.39, 0.29) is 71.9 Å². The van der Waals surface area contributed by atoms with Crippen LogP contribution in [0.15, 0.2) is 21.6 Å². The van der Waals surface area contributed by atoms with E-state index in [1.807, 2.05) is 0 Å². The second kappa shape index (κ2) is 5.46. The molecule has 0 aromatic heterocycles. The van der Waals surface area contributed by atoms with Gasteiger partial charge in [-0.05, 0) is 0 Å². The van der Waals surface area contributed by atoms with Crippen molar-refractivity contribution in [3.63, 3.8) is 0 Å². The molecule has 14 heavy (non-hydrogen) atoms. The molecule has 0 atom stereocenters. The van der Waals surface area contributed by atoms with E-state index in [1.165, 1.54) is 6.42 Å². The van der Waals surface area contributed by atoms with E-state index in [0.717, 1.165) is 0 Å². The Morgan fingerprint density at radius 1 is 0.929 bits per heavy atom. The van der Waals surface area contributed by atoms with Gasteiger partial charge in [-0.25, -0.2) is 0 Å². The molecule has 0 aromatic carbocycles. The topological polar surface area (TPSA) is 0 Å². The summed E-state index contributed by atoms with van der Waals surface area (Å²) < 4.78 is 14.3. The third kappa shape index (κ3) is 6.98. The van der Waals surface area contributed by atoms with Crippen molar-refractivity contribution < 1.29 is 17.0 Å². The van der Waals surface area contributed by atoms with Crippen LogP contribution in [0.4, 0.5) is 0 Å². The molecule has 0 aromatic rings. The molecule has 0 heterocycles. The summed E-state index contributed by atoms with van der Waals surface area (Å²) in [4.78, 5) is 0. The molecule has 4 heteroatoms. The van der Waals surface area contributed by atoms with Gasteiger partial charge in [-0.3, -0.25) is 0 Å². The van der Waals surface area contributed by atoms with E-state index in [2.05, 4.69) is 41.6 Å². The zero-order chi connectivity index (χ0) is 8.81. The summed E-state index contributed by atoms with van der Waals surface area (Å²) in [7, 11) is 0. The van der Waals surface area contributed by atoms with Crippen LogP contribution in [0.1, 0.15) is 6.42 Å². The molecule has 0 radical (unpaired) electrons. The van der Waals surface area contributed by atoms with Crippen molar-refractivity contribution in [1.82, 2.24) is 0 Å². The standard InChI is InChI=1S/C5H5.5CH3.Hf.3HI/c1-2-4-5-3-1;;;;;;;;;/h1-3H,4H2;5*1H3;;3*1H. The summed E-state index contributed by atoms with van der Waals surface area (Å²) >= 11 is -2.87. The number of hydrogen-bond donors (Lipinski definition) is 0. The van der Waals surface area contributed by atoms with E-state index in [1.54, 1.807) is 3.33 Å². The zero-order valence-corrected chi connectivity index (χ0v) is 20.2. The molecule has 0 unspecified atom stereocenters. The van der Waals surface area contributed by atoms with Crippen LogP contribution in [0, 0.1) is 0 Å². The van der Waals surface area contributed by atoms with E-state index in [4.69, 9.17) is 0 Å². The fourth-order valence-electron chi connectivity index (χ4n) is 1.37. The normalized spacial score (nSPS) is 19.1. The van der Waals surface area contributed by atoms with Gasteiger partial charge in [-0.15, -0.1) is 71.9 Å². The van der Waals surface area contributed by atoms with Gasteiger partial charge in [0.1, 0.15) is 0 Å². The quantitative estimate of drug-likeness (QED) is 0.228. The average Bonchev–Trinajstić information content (AvgIpc) is 2.01. The second-order valence-corrected chi connectivity index (χ2v) is 54.8. The Kier molecular flexibility index (Phi) is 8.49. The monoisotopic (exact) mass is 704 g/mol. The molecule has 0 saturated carbocycles. The second-order valence-electron chi connectivity index (χ2n) is 7.57. The third-order valence-corrected chi connectivity index (χ3v) is 15.2. The summed E-state index contributed by atoms with van der Waals surface area (Å²) in [5.74, 6) is 0. The average molecular weight is 702 g/mol. The van der Waals surface area contributed by atoms with Gasteiger partial charge >= 0.3 is 68.4 Å². The molecule has 0 aliphatic heterocycles. The maximum atomic E-state index is 2.51. The molecular weight excluding hydrogens is 679 g/mol. The first-order chi connectivity index (χ1) is 4.59. The summed E-state index contributed by atoms with van der Waals surface area (Å²) in [6.45, 7) is 0. The zero-order valence-electron chi connectivity index (χ0n) is 9.66. The van der Waals surface area contributed by atoms with Crippen molar-refractivity contribution >= 4 is 71.9 Å². The van der Waals surface area contributed by atoms with Crippen LogP contribution in [0.25, 0.3) is 0 Å². The molecule has 0 bridgehead atoms. The van der Waals surface area contributed by atoms with Gasteiger partial charge < -0.3 is 0 Å². The van der Waals surface area contributed by atoms with Crippen molar-refractivity contribution in [3.05, 3.63) is 21.6 Å². The number of halogens is 3. The van der Waals surface area contributed by atoms with Crippen LogP contribution >= 0.6 is 71.9 Å². The van der Waals surface area contributed by atoms with Gasteiger partial charge in [0.05, 0.1) is 0 Å². The fourth-order valence-corrected chi connectivity index (χ4v) is 8.80. The molecule has 0 saturated heterocycles. The van der Waals surface area contributed by atoms with E-state index in [0.29, 0.717) is 0 Å². The van der Waals surface area contributed by atoms with Crippen molar-refractivity contribution in [1.29, 1.82) is 0 Å². The van der Waals surface area contributed by atoms with Crippen molar-refractivity contribution in [2.45, 2.75) is 29.8 Å². The number of rotatable bonds is 1. The summed E-state index contributed by atoms with van der Waals surface area (Å²) in [5.41, 5.74) is 0. The van der Waals surface area contributed by atoms with Gasteiger partial charge in [-0.2, -0.15) is 0 Å². The van der Waals surface area contributed by atoms with Gasteiger partial charge in [0.15, 0.2) is 0 Å².